The lowest BCUT2D eigenvalue weighted by molar-refractivity contribution is -0.142. The molecule has 2 amide bonds. The van der Waals surface area contributed by atoms with Crippen LogP contribution in [0.1, 0.15) is 18.2 Å². The minimum absolute atomic E-state index is 0.0710. The zero-order chi connectivity index (χ0) is 20.5. The molecule has 1 aromatic carbocycles. The Labute approximate surface area is 174 Å². The highest BCUT2D eigenvalue weighted by Gasteiger charge is 2.37. The summed E-state index contributed by atoms with van der Waals surface area (Å²) in [5, 5.41) is 5.16. The quantitative estimate of drug-likeness (QED) is 0.593. The summed E-state index contributed by atoms with van der Waals surface area (Å²) < 4.78 is 4.91. The Hall–Kier alpha value is -2.98. The Balaban J connectivity index is 1.59. The number of nitrogens with one attached hydrogen (secondary N) is 1. The van der Waals surface area contributed by atoms with Crippen LogP contribution in [0.5, 0.6) is 0 Å². The number of aromatic nitrogens is 1. The second kappa shape index (κ2) is 7.80. The Bertz CT molecular complexity index is 1090. The number of anilines is 1. The molecule has 0 radical (unpaired) electrons. The second-order valence-corrected chi connectivity index (χ2v) is 8.00. The van der Waals surface area contributed by atoms with Gasteiger partial charge in [-0.2, -0.15) is 4.99 Å². The number of hydrogen-bond donors (Lipinski definition) is 1. The molecule has 2 aromatic rings. The third-order valence-electron chi connectivity index (χ3n) is 4.27. The van der Waals surface area contributed by atoms with Gasteiger partial charge in [-0.15, -0.1) is 11.3 Å². The number of hydrogen-bond acceptors (Lipinski definition) is 8. The molecule has 0 atom stereocenters. The van der Waals surface area contributed by atoms with Crippen molar-refractivity contribution in [2.45, 2.75) is 13.3 Å². The number of para-hydroxylation sites is 1. The molecule has 1 saturated heterocycles. The summed E-state index contributed by atoms with van der Waals surface area (Å²) in [4.78, 5) is 47.3. The highest BCUT2D eigenvalue weighted by molar-refractivity contribution is 8.18. The Morgan fingerprint density at radius 1 is 1.31 bits per heavy atom. The third-order valence-corrected chi connectivity index (χ3v) is 6.04. The predicted molar refractivity (Wildman–Crippen MR) is 112 cm³/mol. The molecule has 8 nitrogen and oxygen atoms in total. The van der Waals surface area contributed by atoms with Crippen LogP contribution in [-0.4, -0.2) is 41.6 Å². The van der Waals surface area contributed by atoms with Crippen LogP contribution >= 0.6 is 23.1 Å². The first kappa shape index (κ1) is 19.3. The molecule has 29 heavy (non-hydrogen) atoms. The number of fused-ring (bicyclic) bond motifs is 1. The molecule has 0 spiro atoms. The van der Waals surface area contributed by atoms with Crippen molar-refractivity contribution in [2.24, 2.45) is 4.99 Å². The van der Waals surface area contributed by atoms with Gasteiger partial charge in [-0.05, 0) is 24.8 Å². The van der Waals surface area contributed by atoms with E-state index in [0.29, 0.717) is 33.1 Å². The number of amidine groups is 1. The molecular formula is C19H16N4O4S2. The second-order valence-electron chi connectivity index (χ2n) is 6.16. The number of amides is 2. The molecule has 4 rings (SSSR count). The molecule has 0 saturated carbocycles. The zero-order valence-corrected chi connectivity index (χ0v) is 17.2. The number of carbonyl (C=O) groups excluding carboxylic acids is 3. The number of rotatable bonds is 4. The summed E-state index contributed by atoms with van der Waals surface area (Å²) in [5.74, 6) is -0.948. The summed E-state index contributed by atoms with van der Waals surface area (Å²) in [5.41, 5.74) is 2.42. The Morgan fingerprint density at radius 3 is 2.90 bits per heavy atom. The van der Waals surface area contributed by atoms with Crippen molar-refractivity contribution in [2.75, 3.05) is 18.6 Å². The minimum atomic E-state index is -0.370. The van der Waals surface area contributed by atoms with Gasteiger partial charge in [0.25, 0.3) is 11.8 Å². The highest BCUT2D eigenvalue weighted by atomic mass is 32.2. The lowest BCUT2D eigenvalue weighted by Gasteiger charge is -2.08. The number of ether oxygens (including phenoxy) is 1. The molecular weight excluding hydrogens is 412 g/mol. The van der Waals surface area contributed by atoms with E-state index in [2.05, 4.69) is 15.3 Å². The van der Waals surface area contributed by atoms with E-state index in [-0.39, 0.29) is 24.2 Å². The topological polar surface area (TPSA) is 101 Å². The fraction of sp³-hybridized carbons (Fsp3) is 0.211. The van der Waals surface area contributed by atoms with Crippen LogP contribution < -0.4 is 10.2 Å². The summed E-state index contributed by atoms with van der Waals surface area (Å²) in [6, 6.07) is 7.35. The third kappa shape index (κ3) is 3.68. The first-order valence-corrected chi connectivity index (χ1v) is 10.5. The number of benzene rings is 1. The van der Waals surface area contributed by atoms with Gasteiger partial charge in [-0.1, -0.05) is 18.2 Å². The largest absolute Gasteiger partial charge is 0.466 e. The van der Waals surface area contributed by atoms with Gasteiger partial charge in [-0.25, -0.2) is 4.98 Å². The van der Waals surface area contributed by atoms with Crippen LogP contribution in [0.25, 0.3) is 5.57 Å². The maximum absolute atomic E-state index is 12.7. The van der Waals surface area contributed by atoms with Crippen molar-refractivity contribution in [1.82, 2.24) is 10.3 Å². The molecule has 10 heteroatoms. The average Bonchev–Trinajstić information content (AvgIpc) is 3.34. The van der Waals surface area contributed by atoms with Gasteiger partial charge < -0.3 is 15.0 Å². The summed E-state index contributed by atoms with van der Waals surface area (Å²) in [7, 11) is 1.68. The highest BCUT2D eigenvalue weighted by Crippen LogP contribution is 2.42. The van der Waals surface area contributed by atoms with Crippen LogP contribution in [0.15, 0.2) is 39.5 Å². The first-order chi connectivity index (χ1) is 14.0. The van der Waals surface area contributed by atoms with E-state index in [1.807, 2.05) is 24.3 Å². The Kier molecular flexibility index (Phi) is 5.20. The lowest BCUT2D eigenvalue weighted by Crippen LogP contribution is -2.23. The minimum Gasteiger partial charge on any atom is -0.466 e. The summed E-state index contributed by atoms with van der Waals surface area (Å²) in [6.45, 7) is 2.06. The SMILES string of the molecule is CCOC(=O)Cc1csc(/N=C2\NC(=O)/C(=C3\C(=O)N(C)c4ccccc43)S2)n1. The molecule has 1 fully saturated rings. The molecule has 2 aliphatic heterocycles. The van der Waals surface area contributed by atoms with Gasteiger partial charge in [0.2, 0.25) is 5.13 Å². The van der Waals surface area contributed by atoms with Crippen molar-refractivity contribution in [1.29, 1.82) is 0 Å². The van der Waals surface area contributed by atoms with Gasteiger partial charge in [-0.3, -0.25) is 14.4 Å². The van der Waals surface area contributed by atoms with Crippen molar-refractivity contribution in [3.05, 3.63) is 45.8 Å². The molecule has 0 unspecified atom stereocenters. The number of thioether (sulfide) groups is 1. The van der Waals surface area contributed by atoms with Crippen molar-refractivity contribution in [3.8, 4) is 0 Å². The van der Waals surface area contributed by atoms with E-state index in [9.17, 15) is 14.4 Å². The fourth-order valence-corrected chi connectivity index (χ4v) is 4.66. The average molecular weight is 428 g/mol. The van der Waals surface area contributed by atoms with Gasteiger partial charge >= 0.3 is 5.97 Å². The predicted octanol–water partition coefficient (Wildman–Crippen LogP) is 2.49. The van der Waals surface area contributed by atoms with E-state index in [0.717, 1.165) is 23.0 Å². The van der Waals surface area contributed by atoms with Crippen LogP contribution in [0.3, 0.4) is 0 Å². The number of carbonyl (C=O) groups is 3. The van der Waals surface area contributed by atoms with Gasteiger partial charge in [0.1, 0.15) is 0 Å². The van der Waals surface area contributed by atoms with E-state index in [4.69, 9.17) is 4.74 Å². The van der Waals surface area contributed by atoms with Crippen LogP contribution in [0.4, 0.5) is 10.8 Å². The number of esters is 1. The first-order valence-electron chi connectivity index (χ1n) is 8.77. The van der Waals surface area contributed by atoms with Crippen LogP contribution in [0, 0.1) is 0 Å². The number of nitrogens with zero attached hydrogens (tertiary/aromatic N) is 3. The standard InChI is InChI=1S/C19H16N4O4S2/c1-3-27-13(24)8-10-9-28-18(20-10)22-19-21-16(25)15(29-19)14-11-6-4-5-7-12(11)23(2)17(14)26/h4-7,9H,3,8H2,1-2H3,(H,20,21,22,25)/b15-14+. The normalized spacial score (nSPS) is 19.7. The molecule has 0 aliphatic carbocycles. The monoisotopic (exact) mass is 428 g/mol. The maximum Gasteiger partial charge on any atom is 0.311 e. The summed E-state index contributed by atoms with van der Waals surface area (Å²) in [6.07, 6.45) is 0.0710. The van der Waals surface area contributed by atoms with Crippen molar-refractivity contribution < 1.29 is 19.1 Å². The fourth-order valence-electron chi connectivity index (χ4n) is 3.00. The molecule has 3 heterocycles. The van der Waals surface area contributed by atoms with Crippen LogP contribution in [-0.2, 0) is 25.5 Å². The molecule has 148 valence electrons. The van der Waals surface area contributed by atoms with E-state index < -0.39 is 0 Å². The van der Waals surface area contributed by atoms with Crippen molar-refractivity contribution in [3.63, 3.8) is 0 Å². The van der Waals surface area contributed by atoms with E-state index >= 15 is 0 Å². The molecule has 0 bridgehead atoms. The molecule has 1 aromatic heterocycles. The van der Waals surface area contributed by atoms with E-state index in [1.165, 1.54) is 16.2 Å². The summed E-state index contributed by atoms with van der Waals surface area (Å²) >= 11 is 2.37. The van der Waals surface area contributed by atoms with Crippen LogP contribution in [0.2, 0.25) is 0 Å². The number of thiazole rings is 1. The molecule has 1 N–H and O–H groups in total. The lowest BCUT2D eigenvalue weighted by atomic mass is 10.1. The van der Waals surface area contributed by atoms with E-state index in [1.54, 1.807) is 19.4 Å². The smallest absolute Gasteiger partial charge is 0.311 e. The van der Waals surface area contributed by atoms with Gasteiger partial charge in [0, 0.05) is 18.0 Å². The van der Waals surface area contributed by atoms with Gasteiger partial charge in [0.15, 0.2) is 5.17 Å². The Morgan fingerprint density at radius 2 is 2.10 bits per heavy atom. The number of aliphatic imine (C=N–C) groups is 1. The number of likely N-dealkylation sites (N-methyl/N-ethyl adjacent to an activating group) is 1. The maximum atomic E-state index is 12.7. The zero-order valence-electron chi connectivity index (χ0n) is 15.6. The van der Waals surface area contributed by atoms with Crippen molar-refractivity contribution >= 4 is 62.4 Å². The van der Waals surface area contributed by atoms with Gasteiger partial charge in [0.05, 0.1) is 34.9 Å². The molecule has 2 aliphatic rings.